The van der Waals surface area contributed by atoms with Gasteiger partial charge >= 0.3 is 0 Å². The fourth-order valence-electron chi connectivity index (χ4n) is 25.3. The molecule has 12 aliphatic carbocycles. The van der Waals surface area contributed by atoms with Crippen molar-refractivity contribution in [2.45, 2.75) is 370 Å². The van der Waals surface area contributed by atoms with E-state index in [2.05, 4.69) is 150 Å². The molecule has 4 heterocycles. The molecule has 0 spiro atoms. The predicted molar refractivity (Wildman–Crippen MR) is 486 cm³/mol. The van der Waals surface area contributed by atoms with E-state index in [1.807, 2.05) is 72.1 Å². The zero-order valence-electron chi connectivity index (χ0n) is 80.3. The first-order chi connectivity index (χ1) is 55.1. The van der Waals surface area contributed by atoms with E-state index < -0.39 is 34.1 Å². The second-order valence-electron chi connectivity index (χ2n) is 46.8. The molecule has 0 aromatic heterocycles. The van der Waals surface area contributed by atoms with Crippen LogP contribution in [0.25, 0.3) is 0 Å². The molecule has 16 aliphatic rings. The summed E-state index contributed by atoms with van der Waals surface area (Å²) in [6, 6.07) is 11.0. The molecule has 4 saturated heterocycles. The third kappa shape index (κ3) is 24.4. The number of methoxy groups -OCH3 is 1. The van der Waals surface area contributed by atoms with Crippen LogP contribution in [0.3, 0.4) is 0 Å². The molecule has 17 rings (SSSR count). The molecule has 12 saturated carbocycles. The molecule has 697 valence electrons. The smallest absolute Gasteiger partial charge is 0.0942 e. The summed E-state index contributed by atoms with van der Waals surface area (Å²) in [5.41, 5.74) is 1.37. The second-order valence-corrected chi connectivity index (χ2v) is 46.8. The number of allylic oxidation sites excluding steroid dienone is 1. The summed E-state index contributed by atoms with van der Waals surface area (Å²) in [6.45, 7) is 71.2. The van der Waals surface area contributed by atoms with E-state index in [1.165, 1.54) is 37.7 Å². The Labute approximate surface area is 770 Å². The fraction of sp³-hybridized carbons (Fsp3) is 0.902. The van der Waals surface area contributed by atoms with Crippen LogP contribution in [0.1, 0.15) is 294 Å². The van der Waals surface area contributed by atoms with E-state index >= 15 is 0 Å². The number of fused-ring (bicyclic) bond motifs is 5. The van der Waals surface area contributed by atoms with Crippen LogP contribution in [0.2, 0.25) is 0 Å². The Kier molecular flexibility index (Phi) is 35.7. The Morgan fingerprint density at radius 1 is 0.479 bits per heavy atom. The van der Waals surface area contributed by atoms with Crippen molar-refractivity contribution >= 4 is 0 Å². The third-order valence-electron chi connectivity index (χ3n) is 36.3. The molecule has 19 heteroatoms. The van der Waals surface area contributed by atoms with Gasteiger partial charge in [0.05, 0.1) is 110 Å². The zero-order chi connectivity index (χ0) is 88.2. The quantitative estimate of drug-likeness (QED) is 0.0884. The number of aliphatic hydroxyl groups excluding tert-OH is 4. The van der Waals surface area contributed by atoms with Crippen LogP contribution in [-0.2, 0) is 23.7 Å². The molecule has 16 fully saturated rings. The number of hydrogen-bond acceptors (Lipinski definition) is 18. The van der Waals surface area contributed by atoms with Gasteiger partial charge in [0.25, 0.3) is 0 Å². The molecule has 121 heavy (non-hydrogen) atoms. The van der Waals surface area contributed by atoms with Crippen molar-refractivity contribution in [3.05, 3.63) is 60.7 Å². The van der Waals surface area contributed by atoms with Crippen LogP contribution < -0.4 is 0 Å². The molecule has 15 unspecified atom stereocenters. The summed E-state index contributed by atoms with van der Waals surface area (Å²) < 4.78 is 27.9. The largest absolute Gasteiger partial charge is 0.393 e. The van der Waals surface area contributed by atoms with E-state index in [4.69, 9.17) is 23.7 Å². The molecule has 0 bridgehead atoms. The number of ether oxygens (including phenoxy) is 5. The van der Waals surface area contributed by atoms with E-state index in [9.17, 15) is 46.0 Å². The molecule has 1 aromatic carbocycles. The maximum Gasteiger partial charge on any atom is 0.0942 e. The van der Waals surface area contributed by atoms with Crippen LogP contribution in [0, 0.1) is 151 Å². The number of rotatable bonds is 12. The maximum absolute atomic E-state index is 10.8. The summed E-state index contributed by atoms with van der Waals surface area (Å²) in [7, 11) is 1.82. The van der Waals surface area contributed by atoms with Crippen LogP contribution in [0.5, 0.6) is 0 Å². The van der Waals surface area contributed by atoms with Gasteiger partial charge in [-0.25, -0.2) is 0 Å². The molecule has 1 radical (unpaired) electrons. The molecular formula is C102H182N4O14Pr. The standard InChI is InChI=1S/C15H29NO3.2C14H25NO2.C13H19NO.C13H22O2.2C11H20O.C10H18O2.CH4.Pr/c1-12(2)15(18-4)6-5-14(3,17)13(11-15)16-7-9-19-10-8-16;1-13(2)10-8-12(14(3,16)9-11(10)13)15-4-6-17-7-5-15;1-11(2)12-4-5-14(3,16)13(10-12)15-6-8-17-9-7-15;1-11(14-9-5-6-10-14)13(15)12-7-3-2-4-8-12;1-5-6-15-13(4)8-10-9(7-11(13)14)12(10,2)3;1-10(2)6-8-7(5-9(10)12)11(8,3)4;1-7-5-8-9(10(8,2)3)6-11(7,4)12;1-9(2)6-4-8(11)10(3,12)5-7(6)9;;/h12-13,17H,5-11H2,1-4H3;10-12,16H,4-9H2,1-3H3;12-13,16H,1,4-10H2,2-3H3;2-4,7-8,11,13,15H,5-6,9-10H2,1H3;5,9-11,14H,1,6-8H2,2-4H3;2*7-9,12H,5-6H2,1-4H3;6-8,11-12H,4-5H2,1-3H3;1H4;/t;10-,11+,12?,14?;12?,13?,14-;11-,13?;9-,10+,11?,13?;7-,8+,9?;7?,8-,9+,11?;6-,7+,8?,10?;;/m.1111111../s1. The van der Waals surface area contributed by atoms with Crippen molar-refractivity contribution in [3.8, 4) is 0 Å². The number of morpholine rings is 3. The molecule has 9 N–H and O–H groups in total. The Bertz CT molecular complexity index is 3280. The van der Waals surface area contributed by atoms with Gasteiger partial charge in [0.2, 0.25) is 0 Å². The summed E-state index contributed by atoms with van der Waals surface area (Å²) in [6.07, 6.45) is 18.8. The van der Waals surface area contributed by atoms with Crippen LogP contribution in [-0.4, -0.2) is 253 Å². The predicted octanol–water partition coefficient (Wildman–Crippen LogP) is 16.2. The van der Waals surface area contributed by atoms with Crippen LogP contribution >= 0.6 is 0 Å². The SMILES string of the molecule is C.C=C(C)C1CC[C@@](C)(O)C(N2CCOCC2)C1.C=CCOC1(C)C[C@H]2[C@@H](CC1O)C2(C)C.CC1(C)C[C@H]2[C@@H](CC1O)C2(C)C.CC1(O)C[C@H]2[C@@H](CC1N1CCOCC1)C2(C)C.CC1(O)C[C@H]2[C@@H](CC1O)C2(C)C.CC1C[C@@H]2[C@H](CC1(C)O)C2(C)C.COC1(C(C)C)CCC(C)(O)C(N2CCOCC2)C1.C[C@H](C(O)c1ccccc1)N1CCCC1.[Pr]. The third-order valence-corrected chi connectivity index (χ3v) is 36.3. The number of likely N-dealkylation sites (tertiary alicyclic amines) is 1. The van der Waals surface area contributed by atoms with Gasteiger partial charge in [-0.15, -0.1) is 6.58 Å². The van der Waals surface area contributed by atoms with E-state index in [0.717, 1.165) is 222 Å². The average molecular weight is 1830 g/mol. The number of hydrogen-bond donors (Lipinski definition) is 9. The van der Waals surface area contributed by atoms with Crippen molar-refractivity contribution < 1.29 is 111 Å². The van der Waals surface area contributed by atoms with Crippen molar-refractivity contribution in [3.63, 3.8) is 0 Å². The average Bonchev–Trinajstić information content (AvgIpc) is 1.54. The Balaban J connectivity index is 0.000000172. The zero-order valence-corrected chi connectivity index (χ0v) is 84.0. The molecule has 0 amide bonds. The van der Waals surface area contributed by atoms with E-state index in [1.54, 1.807) is 13.0 Å². The molecule has 4 aliphatic heterocycles. The first-order valence-electron chi connectivity index (χ1n) is 47.7. The number of nitrogens with zero attached hydrogens (tertiary/aromatic N) is 4. The normalized spacial score (nSPS) is 43.6. The minimum Gasteiger partial charge on any atom is -0.393 e. The van der Waals surface area contributed by atoms with Crippen molar-refractivity contribution in [2.75, 3.05) is 106 Å². The first-order valence-corrected chi connectivity index (χ1v) is 47.7. The molecule has 18 nitrogen and oxygen atoms in total. The fourth-order valence-corrected chi connectivity index (χ4v) is 25.3. The number of aliphatic hydroxyl groups is 9. The van der Waals surface area contributed by atoms with E-state index in [0.29, 0.717) is 75.2 Å². The summed E-state index contributed by atoms with van der Waals surface area (Å²) in [4.78, 5) is 9.61. The van der Waals surface area contributed by atoms with Crippen molar-refractivity contribution in [2.24, 2.45) is 109 Å². The second kappa shape index (κ2) is 40.8. The van der Waals surface area contributed by atoms with Gasteiger partial charge in [-0.1, -0.05) is 160 Å². The van der Waals surface area contributed by atoms with Gasteiger partial charge in [-0.2, -0.15) is 0 Å². The van der Waals surface area contributed by atoms with Gasteiger partial charge in [-0.05, 0) is 299 Å². The van der Waals surface area contributed by atoms with Gasteiger partial charge < -0.3 is 69.6 Å². The summed E-state index contributed by atoms with van der Waals surface area (Å²) in [5.74, 6) is 9.20. The summed E-state index contributed by atoms with van der Waals surface area (Å²) in [5, 5.41) is 91.8. The van der Waals surface area contributed by atoms with Gasteiger partial charge in [0.1, 0.15) is 0 Å². The molecule has 1 aromatic rings. The molecular weight excluding hydrogens is 1650 g/mol. The van der Waals surface area contributed by atoms with Crippen LogP contribution in [0.4, 0.5) is 0 Å². The number of benzene rings is 1. The Morgan fingerprint density at radius 2 is 0.876 bits per heavy atom. The van der Waals surface area contributed by atoms with Gasteiger partial charge in [-0.3, -0.25) is 19.6 Å². The van der Waals surface area contributed by atoms with Gasteiger partial charge in [0, 0.05) is 112 Å². The Morgan fingerprint density at radius 3 is 1.31 bits per heavy atom. The van der Waals surface area contributed by atoms with Crippen molar-refractivity contribution in [1.29, 1.82) is 0 Å². The van der Waals surface area contributed by atoms with Crippen molar-refractivity contribution in [1.82, 2.24) is 19.6 Å². The Hall–Kier alpha value is -0.656. The van der Waals surface area contributed by atoms with Gasteiger partial charge in [0.15, 0.2) is 0 Å². The topological polar surface area (TPSA) is 241 Å². The monoisotopic (exact) mass is 1830 g/mol. The molecule has 27 atom stereocenters. The minimum atomic E-state index is -0.838. The minimum absolute atomic E-state index is 0. The first kappa shape index (κ1) is 106. The van der Waals surface area contributed by atoms with E-state index in [-0.39, 0.29) is 102 Å². The summed E-state index contributed by atoms with van der Waals surface area (Å²) >= 11 is 0. The van der Waals surface area contributed by atoms with Crippen LogP contribution in [0.15, 0.2) is 55.1 Å². The maximum atomic E-state index is 10.8.